The van der Waals surface area contributed by atoms with Crippen LogP contribution in [0.2, 0.25) is 0 Å². The highest BCUT2D eigenvalue weighted by Crippen LogP contribution is 2.28. The zero-order chi connectivity index (χ0) is 13.1. The molecule has 0 heterocycles. The maximum atomic E-state index is 10.8. The largest absolute Gasteiger partial charge is 0.457 e. The molecule has 0 aromatic heterocycles. The van der Waals surface area contributed by atoms with Crippen LogP contribution in [0.25, 0.3) is 0 Å². The quantitative estimate of drug-likeness (QED) is 0.510. The van der Waals surface area contributed by atoms with E-state index in [4.69, 9.17) is 10.5 Å². The highest BCUT2D eigenvalue weighted by Gasteiger charge is 2.11. The first kappa shape index (κ1) is 11.9. The Morgan fingerprint density at radius 2 is 1.89 bits per heavy atom. The van der Waals surface area contributed by atoms with E-state index in [9.17, 15) is 10.1 Å². The van der Waals surface area contributed by atoms with Crippen molar-refractivity contribution in [1.82, 2.24) is 0 Å². The lowest BCUT2D eigenvalue weighted by atomic mass is 10.2. The van der Waals surface area contributed by atoms with Crippen molar-refractivity contribution >= 4 is 11.4 Å². The molecule has 0 amide bonds. The topological polar surface area (TPSA) is 78.4 Å². The number of nitro groups is 1. The summed E-state index contributed by atoms with van der Waals surface area (Å²) in [5, 5.41) is 10.8. The van der Waals surface area contributed by atoms with Gasteiger partial charge in [-0.1, -0.05) is 6.07 Å². The summed E-state index contributed by atoms with van der Waals surface area (Å²) in [5.41, 5.74) is 6.84. The second kappa shape index (κ2) is 4.75. The molecule has 92 valence electrons. The first-order valence-electron chi connectivity index (χ1n) is 5.35. The minimum absolute atomic E-state index is 0.0383. The number of benzene rings is 2. The van der Waals surface area contributed by atoms with Gasteiger partial charge in [-0.05, 0) is 31.2 Å². The summed E-state index contributed by atoms with van der Waals surface area (Å²) in [4.78, 5) is 10.4. The maximum Gasteiger partial charge on any atom is 0.276 e. The fourth-order valence-corrected chi connectivity index (χ4v) is 1.56. The van der Waals surface area contributed by atoms with E-state index in [2.05, 4.69) is 0 Å². The normalized spacial score (nSPS) is 10.1. The molecule has 0 saturated carbocycles. The smallest absolute Gasteiger partial charge is 0.276 e. The number of anilines is 1. The molecular formula is C13H12N2O3. The summed E-state index contributed by atoms with van der Waals surface area (Å²) < 4.78 is 5.52. The molecule has 2 aromatic rings. The Hall–Kier alpha value is -2.56. The summed E-state index contributed by atoms with van der Waals surface area (Å²) in [6.45, 7) is 1.68. The van der Waals surface area contributed by atoms with E-state index in [-0.39, 0.29) is 5.69 Å². The Morgan fingerprint density at radius 3 is 2.56 bits per heavy atom. The van der Waals surface area contributed by atoms with Crippen molar-refractivity contribution in [2.45, 2.75) is 6.92 Å². The van der Waals surface area contributed by atoms with Gasteiger partial charge < -0.3 is 10.5 Å². The van der Waals surface area contributed by atoms with Gasteiger partial charge in [0.05, 0.1) is 11.0 Å². The molecular weight excluding hydrogens is 232 g/mol. The first-order valence-corrected chi connectivity index (χ1v) is 5.35. The van der Waals surface area contributed by atoms with Gasteiger partial charge >= 0.3 is 0 Å². The Labute approximate surface area is 104 Å². The molecule has 2 rings (SSSR count). The van der Waals surface area contributed by atoms with Gasteiger partial charge in [0.2, 0.25) is 0 Å². The van der Waals surface area contributed by atoms with Gasteiger partial charge in [-0.15, -0.1) is 0 Å². The SMILES string of the molecule is Cc1ccc(Oc2cccc(N)c2)cc1[N+](=O)[O-]. The van der Waals surface area contributed by atoms with Gasteiger partial charge in [0.1, 0.15) is 11.5 Å². The summed E-state index contributed by atoms with van der Waals surface area (Å²) in [7, 11) is 0. The fraction of sp³-hybridized carbons (Fsp3) is 0.0769. The molecule has 0 bridgehead atoms. The number of nitrogen functional groups attached to an aromatic ring is 1. The molecule has 0 saturated heterocycles. The van der Waals surface area contributed by atoms with Crippen LogP contribution in [0.3, 0.4) is 0 Å². The van der Waals surface area contributed by atoms with Crippen molar-refractivity contribution in [3.05, 3.63) is 58.1 Å². The Bertz CT molecular complexity index is 597. The third-order valence-electron chi connectivity index (χ3n) is 2.47. The lowest BCUT2D eigenvalue weighted by Crippen LogP contribution is -1.93. The van der Waals surface area contributed by atoms with Crippen LogP contribution in [0, 0.1) is 17.0 Å². The van der Waals surface area contributed by atoms with Crippen LogP contribution in [0.5, 0.6) is 11.5 Å². The number of aryl methyl sites for hydroxylation is 1. The van der Waals surface area contributed by atoms with Crippen LogP contribution in [0.15, 0.2) is 42.5 Å². The van der Waals surface area contributed by atoms with Crippen molar-refractivity contribution < 1.29 is 9.66 Å². The Balaban J connectivity index is 2.30. The molecule has 2 aromatic carbocycles. The van der Waals surface area contributed by atoms with Crippen LogP contribution in [0.4, 0.5) is 11.4 Å². The Kier molecular flexibility index (Phi) is 3.14. The molecule has 0 aliphatic carbocycles. The van der Waals surface area contributed by atoms with Crippen molar-refractivity contribution in [3.63, 3.8) is 0 Å². The van der Waals surface area contributed by atoms with E-state index >= 15 is 0 Å². The standard InChI is InChI=1S/C13H12N2O3/c1-9-5-6-12(8-13(9)15(16)17)18-11-4-2-3-10(14)7-11/h2-8H,14H2,1H3. The molecule has 0 radical (unpaired) electrons. The number of hydrogen-bond acceptors (Lipinski definition) is 4. The Morgan fingerprint density at radius 1 is 1.17 bits per heavy atom. The number of nitrogens with zero attached hydrogens (tertiary/aromatic N) is 1. The van der Waals surface area contributed by atoms with Gasteiger partial charge in [0.25, 0.3) is 5.69 Å². The highest BCUT2D eigenvalue weighted by atomic mass is 16.6. The van der Waals surface area contributed by atoms with Crippen LogP contribution in [0.1, 0.15) is 5.56 Å². The average Bonchev–Trinajstić information content (AvgIpc) is 2.31. The molecule has 0 aliphatic rings. The van der Waals surface area contributed by atoms with E-state index in [0.717, 1.165) is 0 Å². The molecule has 2 N–H and O–H groups in total. The van der Waals surface area contributed by atoms with E-state index < -0.39 is 4.92 Å². The van der Waals surface area contributed by atoms with Crippen LogP contribution in [-0.2, 0) is 0 Å². The van der Waals surface area contributed by atoms with E-state index in [0.29, 0.717) is 22.7 Å². The highest BCUT2D eigenvalue weighted by molar-refractivity contribution is 5.48. The molecule has 0 atom stereocenters. The second-order valence-electron chi connectivity index (χ2n) is 3.88. The minimum atomic E-state index is -0.429. The lowest BCUT2D eigenvalue weighted by Gasteiger charge is -2.06. The molecule has 5 heteroatoms. The van der Waals surface area contributed by atoms with Crippen LogP contribution in [-0.4, -0.2) is 4.92 Å². The number of rotatable bonds is 3. The number of nitro benzene ring substituents is 1. The number of hydrogen-bond donors (Lipinski definition) is 1. The zero-order valence-corrected chi connectivity index (χ0v) is 9.79. The lowest BCUT2D eigenvalue weighted by molar-refractivity contribution is -0.385. The molecule has 0 spiro atoms. The number of nitrogens with two attached hydrogens (primary N) is 1. The molecule has 0 aliphatic heterocycles. The maximum absolute atomic E-state index is 10.8. The molecule has 0 fully saturated rings. The van der Waals surface area contributed by atoms with E-state index in [1.165, 1.54) is 6.07 Å². The third-order valence-corrected chi connectivity index (χ3v) is 2.47. The summed E-state index contributed by atoms with van der Waals surface area (Å²) >= 11 is 0. The van der Waals surface area contributed by atoms with Gasteiger partial charge in [-0.3, -0.25) is 10.1 Å². The second-order valence-corrected chi connectivity index (χ2v) is 3.88. The molecule has 5 nitrogen and oxygen atoms in total. The van der Waals surface area contributed by atoms with Crippen molar-refractivity contribution in [1.29, 1.82) is 0 Å². The van der Waals surface area contributed by atoms with Gasteiger partial charge in [0, 0.05) is 17.3 Å². The minimum Gasteiger partial charge on any atom is -0.457 e. The summed E-state index contributed by atoms with van der Waals surface area (Å²) in [6.07, 6.45) is 0. The van der Waals surface area contributed by atoms with E-state index in [1.807, 2.05) is 0 Å². The van der Waals surface area contributed by atoms with Crippen LogP contribution < -0.4 is 10.5 Å². The average molecular weight is 244 g/mol. The predicted octanol–water partition coefficient (Wildman–Crippen LogP) is 3.28. The zero-order valence-electron chi connectivity index (χ0n) is 9.79. The van der Waals surface area contributed by atoms with Gasteiger partial charge in [-0.25, -0.2) is 0 Å². The van der Waals surface area contributed by atoms with Gasteiger partial charge in [0.15, 0.2) is 0 Å². The summed E-state index contributed by atoms with van der Waals surface area (Å²) in [6, 6.07) is 11.6. The van der Waals surface area contributed by atoms with Crippen molar-refractivity contribution in [3.8, 4) is 11.5 Å². The van der Waals surface area contributed by atoms with Crippen LogP contribution >= 0.6 is 0 Å². The summed E-state index contributed by atoms with van der Waals surface area (Å²) in [5.74, 6) is 0.964. The number of ether oxygens (including phenoxy) is 1. The van der Waals surface area contributed by atoms with Crippen molar-refractivity contribution in [2.75, 3.05) is 5.73 Å². The van der Waals surface area contributed by atoms with Gasteiger partial charge in [-0.2, -0.15) is 0 Å². The fourth-order valence-electron chi connectivity index (χ4n) is 1.56. The third kappa shape index (κ3) is 2.57. The molecule has 0 unspecified atom stereocenters. The first-order chi connectivity index (χ1) is 8.56. The monoisotopic (exact) mass is 244 g/mol. The predicted molar refractivity (Wildman–Crippen MR) is 68.8 cm³/mol. The van der Waals surface area contributed by atoms with Crippen molar-refractivity contribution in [2.24, 2.45) is 0 Å². The van der Waals surface area contributed by atoms with E-state index in [1.54, 1.807) is 43.3 Å². The molecule has 18 heavy (non-hydrogen) atoms.